The third-order valence-corrected chi connectivity index (χ3v) is 1.56. The molecule has 0 spiro atoms. The molecule has 0 aromatic heterocycles. The Balaban J connectivity index is 3.31. The first kappa shape index (κ1) is 10.2. The van der Waals surface area contributed by atoms with Crippen molar-refractivity contribution in [1.82, 2.24) is 0 Å². The molecule has 0 unspecified atom stereocenters. The SMILES string of the molecule is COc1cc(ON)c([N+](=O)[O-])cc1F. The van der Waals surface area contributed by atoms with Crippen LogP contribution in [0.5, 0.6) is 11.5 Å². The van der Waals surface area contributed by atoms with Crippen molar-refractivity contribution in [2.75, 3.05) is 7.11 Å². The summed E-state index contributed by atoms with van der Waals surface area (Å²) in [5, 5.41) is 10.4. The zero-order valence-corrected chi connectivity index (χ0v) is 7.19. The highest BCUT2D eigenvalue weighted by Crippen LogP contribution is 2.32. The number of nitrogens with two attached hydrogens (primary N) is 1. The molecular weight excluding hydrogens is 195 g/mol. The summed E-state index contributed by atoms with van der Waals surface area (Å²) in [7, 11) is 1.23. The lowest BCUT2D eigenvalue weighted by atomic mass is 10.2. The van der Waals surface area contributed by atoms with Gasteiger partial charge in [-0.1, -0.05) is 0 Å². The number of nitrogens with zero attached hydrogens (tertiary/aromatic N) is 1. The molecule has 0 saturated heterocycles. The summed E-state index contributed by atoms with van der Waals surface area (Å²) >= 11 is 0. The van der Waals surface area contributed by atoms with Crippen LogP contribution >= 0.6 is 0 Å². The minimum atomic E-state index is -0.847. The molecule has 0 heterocycles. The number of methoxy groups -OCH3 is 1. The molecule has 0 saturated carbocycles. The number of ether oxygens (including phenoxy) is 1. The van der Waals surface area contributed by atoms with E-state index in [2.05, 4.69) is 9.57 Å². The molecule has 1 aromatic carbocycles. The lowest BCUT2D eigenvalue weighted by Gasteiger charge is -2.04. The summed E-state index contributed by atoms with van der Waals surface area (Å²) in [5.41, 5.74) is -0.550. The minimum Gasteiger partial charge on any atom is -0.494 e. The van der Waals surface area contributed by atoms with E-state index >= 15 is 0 Å². The van der Waals surface area contributed by atoms with Crippen LogP contribution in [0.25, 0.3) is 0 Å². The van der Waals surface area contributed by atoms with E-state index in [-0.39, 0.29) is 11.5 Å². The van der Waals surface area contributed by atoms with Crippen molar-refractivity contribution >= 4 is 5.69 Å². The van der Waals surface area contributed by atoms with Crippen LogP contribution < -0.4 is 15.5 Å². The Morgan fingerprint density at radius 3 is 2.57 bits per heavy atom. The standard InChI is InChI=1S/C7H7FN2O4/c1-13-6-3-7(14-9)5(10(11)12)2-4(6)8/h2-3H,9H2,1H3. The Hall–Kier alpha value is -1.89. The highest BCUT2D eigenvalue weighted by Gasteiger charge is 2.19. The Kier molecular flexibility index (Phi) is 2.82. The van der Waals surface area contributed by atoms with E-state index < -0.39 is 16.4 Å². The number of hydrogen-bond acceptors (Lipinski definition) is 5. The van der Waals surface area contributed by atoms with Crippen molar-refractivity contribution in [1.29, 1.82) is 0 Å². The van der Waals surface area contributed by atoms with Crippen molar-refractivity contribution < 1.29 is 18.9 Å². The number of halogens is 1. The fourth-order valence-electron chi connectivity index (χ4n) is 0.918. The summed E-state index contributed by atoms with van der Waals surface area (Å²) in [6.07, 6.45) is 0. The summed E-state index contributed by atoms with van der Waals surface area (Å²) in [6, 6.07) is 1.69. The first-order chi connectivity index (χ1) is 6.60. The topological polar surface area (TPSA) is 87.6 Å². The van der Waals surface area contributed by atoms with Crippen molar-refractivity contribution in [3.05, 3.63) is 28.1 Å². The highest BCUT2D eigenvalue weighted by atomic mass is 19.1. The van der Waals surface area contributed by atoms with Gasteiger partial charge in [0.05, 0.1) is 18.1 Å². The maximum absolute atomic E-state index is 13.0. The van der Waals surface area contributed by atoms with E-state index in [1.165, 1.54) is 7.11 Å². The van der Waals surface area contributed by atoms with Crippen LogP contribution in [0.3, 0.4) is 0 Å². The van der Waals surface area contributed by atoms with Gasteiger partial charge in [0, 0.05) is 6.07 Å². The zero-order chi connectivity index (χ0) is 10.7. The summed E-state index contributed by atoms with van der Waals surface area (Å²) in [4.78, 5) is 13.8. The van der Waals surface area contributed by atoms with Crippen molar-refractivity contribution in [2.45, 2.75) is 0 Å². The van der Waals surface area contributed by atoms with Crippen LogP contribution in [0.2, 0.25) is 0 Å². The molecule has 1 rings (SSSR count). The summed E-state index contributed by atoms with van der Waals surface area (Å²) in [6.45, 7) is 0. The van der Waals surface area contributed by atoms with Gasteiger partial charge in [0.1, 0.15) is 0 Å². The zero-order valence-electron chi connectivity index (χ0n) is 7.19. The second-order valence-corrected chi connectivity index (χ2v) is 2.33. The second-order valence-electron chi connectivity index (χ2n) is 2.33. The third kappa shape index (κ3) is 1.72. The van der Waals surface area contributed by atoms with Gasteiger partial charge in [-0.3, -0.25) is 10.1 Å². The molecule has 7 heteroatoms. The third-order valence-electron chi connectivity index (χ3n) is 1.56. The molecule has 1 aromatic rings. The molecule has 0 aliphatic carbocycles. The van der Waals surface area contributed by atoms with E-state index in [9.17, 15) is 14.5 Å². The number of hydrogen-bond donors (Lipinski definition) is 1. The lowest BCUT2D eigenvalue weighted by Crippen LogP contribution is -2.05. The van der Waals surface area contributed by atoms with Gasteiger partial charge in [-0.15, -0.1) is 0 Å². The van der Waals surface area contributed by atoms with E-state index in [1.54, 1.807) is 0 Å². The smallest absolute Gasteiger partial charge is 0.316 e. The molecule has 76 valence electrons. The van der Waals surface area contributed by atoms with Crippen LogP contribution in [0.1, 0.15) is 0 Å². The predicted molar refractivity (Wildman–Crippen MR) is 44.4 cm³/mol. The van der Waals surface area contributed by atoms with Gasteiger partial charge in [0.15, 0.2) is 11.6 Å². The Labute approximate surface area is 78.1 Å². The summed E-state index contributed by atoms with van der Waals surface area (Å²) < 4.78 is 17.6. The maximum Gasteiger partial charge on any atom is 0.316 e. The van der Waals surface area contributed by atoms with Gasteiger partial charge in [0.2, 0.25) is 5.75 Å². The average molecular weight is 202 g/mol. The normalized spacial score (nSPS) is 9.64. The Bertz CT molecular complexity index is 369. The summed E-state index contributed by atoms with van der Waals surface area (Å²) in [5.74, 6) is 3.51. The molecule has 0 radical (unpaired) electrons. The second kappa shape index (κ2) is 3.88. The fourth-order valence-corrected chi connectivity index (χ4v) is 0.918. The van der Waals surface area contributed by atoms with Crippen LogP contribution in [0.4, 0.5) is 10.1 Å². The number of nitro groups is 1. The number of benzene rings is 1. The number of rotatable bonds is 3. The first-order valence-electron chi connectivity index (χ1n) is 3.48. The van der Waals surface area contributed by atoms with Crippen LogP contribution in [0.15, 0.2) is 12.1 Å². The van der Waals surface area contributed by atoms with Gasteiger partial charge < -0.3 is 9.57 Å². The average Bonchev–Trinajstić information content (AvgIpc) is 2.17. The van der Waals surface area contributed by atoms with E-state index in [4.69, 9.17) is 5.90 Å². The maximum atomic E-state index is 13.0. The molecular formula is C7H7FN2O4. The molecule has 0 fully saturated rings. The Morgan fingerprint density at radius 2 is 2.14 bits per heavy atom. The van der Waals surface area contributed by atoms with Crippen LogP contribution in [-0.2, 0) is 0 Å². The van der Waals surface area contributed by atoms with E-state index in [0.29, 0.717) is 6.07 Å². The molecule has 2 N–H and O–H groups in total. The van der Waals surface area contributed by atoms with Gasteiger partial charge >= 0.3 is 5.69 Å². The molecule has 0 bridgehead atoms. The quantitative estimate of drug-likeness (QED) is 0.583. The van der Waals surface area contributed by atoms with E-state index in [0.717, 1.165) is 6.07 Å². The van der Waals surface area contributed by atoms with Crippen molar-refractivity contribution in [3.63, 3.8) is 0 Å². The van der Waals surface area contributed by atoms with Gasteiger partial charge in [-0.05, 0) is 0 Å². The molecule has 0 amide bonds. The van der Waals surface area contributed by atoms with Crippen LogP contribution in [0, 0.1) is 15.9 Å². The minimum absolute atomic E-state index is 0.170. The van der Waals surface area contributed by atoms with Crippen molar-refractivity contribution in [3.8, 4) is 11.5 Å². The molecule has 6 nitrogen and oxygen atoms in total. The number of nitro benzene ring substituents is 1. The lowest BCUT2D eigenvalue weighted by molar-refractivity contribution is -0.386. The molecule has 14 heavy (non-hydrogen) atoms. The molecule has 0 aliphatic rings. The molecule has 0 atom stereocenters. The van der Waals surface area contributed by atoms with Crippen molar-refractivity contribution in [2.24, 2.45) is 5.90 Å². The van der Waals surface area contributed by atoms with E-state index in [1.807, 2.05) is 0 Å². The van der Waals surface area contributed by atoms with Gasteiger partial charge in [0.25, 0.3) is 0 Å². The molecule has 0 aliphatic heterocycles. The monoisotopic (exact) mass is 202 g/mol. The van der Waals surface area contributed by atoms with Gasteiger partial charge in [-0.2, -0.15) is 5.90 Å². The predicted octanol–water partition coefficient (Wildman–Crippen LogP) is 0.995. The van der Waals surface area contributed by atoms with Crippen LogP contribution in [-0.4, -0.2) is 12.0 Å². The largest absolute Gasteiger partial charge is 0.494 e. The highest BCUT2D eigenvalue weighted by molar-refractivity contribution is 5.51. The fraction of sp³-hybridized carbons (Fsp3) is 0.143. The first-order valence-corrected chi connectivity index (χ1v) is 3.48. The van der Waals surface area contributed by atoms with Gasteiger partial charge in [-0.25, -0.2) is 4.39 Å². The Morgan fingerprint density at radius 1 is 1.50 bits per heavy atom.